The number of benzene rings is 1. The Morgan fingerprint density at radius 1 is 1.53 bits per heavy atom. The van der Waals surface area contributed by atoms with E-state index in [-0.39, 0.29) is 6.04 Å². The van der Waals surface area contributed by atoms with E-state index in [0.29, 0.717) is 10.6 Å². The highest BCUT2D eigenvalue weighted by molar-refractivity contribution is 6.30. The van der Waals surface area contributed by atoms with E-state index in [1.54, 1.807) is 6.07 Å². The maximum absolute atomic E-state index is 9.00. The zero-order chi connectivity index (χ0) is 10.8. The molecular weight excluding hydrogens is 210 g/mol. The largest absolute Gasteiger partial charge is 0.369 e. The van der Waals surface area contributed by atoms with Gasteiger partial charge in [-0.3, -0.25) is 0 Å². The second-order valence-corrected chi connectivity index (χ2v) is 4.20. The number of hydrogen-bond donors (Lipinski definition) is 1. The summed E-state index contributed by atoms with van der Waals surface area (Å²) in [7, 11) is 0. The highest BCUT2D eigenvalue weighted by Crippen LogP contribution is 2.26. The van der Waals surface area contributed by atoms with E-state index in [2.05, 4.69) is 11.0 Å². The van der Waals surface area contributed by atoms with Crippen LogP contribution in [0, 0.1) is 11.3 Å². The monoisotopic (exact) mass is 221 g/mol. The minimum atomic E-state index is 0.215. The zero-order valence-electron chi connectivity index (χ0n) is 8.28. The third kappa shape index (κ3) is 2.06. The predicted molar refractivity (Wildman–Crippen MR) is 61.0 cm³/mol. The molecule has 4 heteroatoms. The van der Waals surface area contributed by atoms with E-state index in [1.165, 1.54) is 0 Å². The molecule has 3 nitrogen and oxygen atoms in total. The molecule has 1 saturated heterocycles. The molecule has 0 aliphatic carbocycles. The van der Waals surface area contributed by atoms with Gasteiger partial charge in [-0.05, 0) is 24.6 Å². The summed E-state index contributed by atoms with van der Waals surface area (Å²) in [4.78, 5) is 2.14. The smallest absolute Gasteiger partial charge is 0.101 e. The van der Waals surface area contributed by atoms with Crippen molar-refractivity contribution in [3.63, 3.8) is 0 Å². The maximum Gasteiger partial charge on any atom is 0.101 e. The van der Waals surface area contributed by atoms with Crippen molar-refractivity contribution >= 4 is 17.3 Å². The van der Waals surface area contributed by atoms with Gasteiger partial charge in [0, 0.05) is 24.2 Å². The first-order valence-electron chi connectivity index (χ1n) is 4.91. The molecule has 1 atom stereocenters. The van der Waals surface area contributed by atoms with E-state index >= 15 is 0 Å². The number of anilines is 1. The van der Waals surface area contributed by atoms with E-state index < -0.39 is 0 Å². The van der Waals surface area contributed by atoms with Crippen LogP contribution in [0.15, 0.2) is 18.2 Å². The highest BCUT2D eigenvalue weighted by atomic mass is 35.5. The summed E-state index contributed by atoms with van der Waals surface area (Å²) < 4.78 is 0. The molecule has 78 valence electrons. The van der Waals surface area contributed by atoms with Crippen molar-refractivity contribution in [2.24, 2.45) is 5.73 Å². The Morgan fingerprint density at radius 3 is 2.93 bits per heavy atom. The second-order valence-electron chi connectivity index (χ2n) is 3.77. The summed E-state index contributed by atoms with van der Waals surface area (Å²) in [6.45, 7) is 1.73. The van der Waals surface area contributed by atoms with Crippen LogP contribution in [0.4, 0.5) is 5.69 Å². The molecule has 1 aromatic carbocycles. The van der Waals surface area contributed by atoms with Gasteiger partial charge < -0.3 is 10.6 Å². The highest BCUT2D eigenvalue weighted by Gasteiger charge is 2.21. The Morgan fingerprint density at radius 2 is 2.33 bits per heavy atom. The van der Waals surface area contributed by atoms with Gasteiger partial charge in [-0.1, -0.05) is 11.6 Å². The lowest BCUT2D eigenvalue weighted by Crippen LogP contribution is -2.26. The van der Waals surface area contributed by atoms with E-state index in [4.69, 9.17) is 22.6 Å². The van der Waals surface area contributed by atoms with Crippen LogP contribution in [-0.2, 0) is 0 Å². The van der Waals surface area contributed by atoms with Gasteiger partial charge in [0.1, 0.15) is 6.07 Å². The Balaban J connectivity index is 2.32. The van der Waals surface area contributed by atoms with Crippen molar-refractivity contribution in [2.75, 3.05) is 18.0 Å². The first-order valence-corrected chi connectivity index (χ1v) is 5.28. The van der Waals surface area contributed by atoms with Crippen molar-refractivity contribution in [1.82, 2.24) is 0 Å². The average Bonchev–Trinajstić information content (AvgIpc) is 2.64. The van der Waals surface area contributed by atoms with Crippen molar-refractivity contribution < 1.29 is 0 Å². The topological polar surface area (TPSA) is 53.0 Å². The van der Waals surface area contributed by atoms with Crippen LogP contribution in [-0.4, -0.2) is 19.1 Å². The minimum absolute atomic E-state index is 0.215. The molecule has 1 unspecified atom stereocenters. The van der Waals surface area contributed by atoms with Gasteiger partial charge >= 0.3 is 0 Å². The quantitative estimate of drug-likeness (QED) is 0.786. The number of rotatable bonds is 1. The zero-order valence-corrected chi connectivity index (χ0v) is 9.04. The summed E-state index contributed by atoms with van der Waals surface area (Å²) in [5.41, 5.74) is 7.39. The lowest BCUT2D eigenvalue weighted by Gasteiger charge is -2.19. The summed E-state index contributed by atoms with van der Waals surface area (Å²) in [5, 5.41) is 9.60. The average molecular weight is 222 g/mol. The molecular formula is C11H12ClN3. The fraction of sp³-hybridized carbons (Fsp3) is 0.364. The van der Waals surface area contributed by atoms with Gasteiger partial charge in [-0.2, -0.15) is 5.26 Å². The van der Waals surface area contributed by atoms with Gasteiger partial charge in [-0.15, -0.1) is 0 Å². The number of halogens is 1. The normalized spacial score (nSPS) is 20.3. The standard InChI is InChI=1S/C11H12ClN3/c12-9-1-2-11(8(5-9)6-13)15-4-3-10(14)7-15/h1-2,5,10H,3-4,7,14H2. The molecule has 1 heterocycles. The van der Waals surface area contributed by atoms with Crippen LogP contribution in [0.1, 0.15) is 12.0 Å². The molecule has 2 rings (SSSR count). The minimum Gasteiger partial charge on any atom is -0.369 e. The van der Waals surface area contributed by atoms with Crippen molar-refractivity contribution in [2.45, 2.75) is 12.5 Å². The number of nitriles is 1. The van der Waals surface area contributed by atoms with Crippen molar-refractivity contribution in [3.8, 4) is 6.07 Å². The van der Waals surface area contributed by atoms with Gasteiger partial charge in [0.15, 0.2) is 0 Å². The molecule has 0 bridgehead atoms. The van der Waals surface area contributed by atoms with Crippen LogP contribution in [0.25, 0.3) is 0 Å². The molecule has 0 saturated carbocycles. The van der Waals surface area contributed by atoms with E-state index in [1.807, 2.05) is 12.1 Å². The Hall–Kier alpha value is -1.24. The fourth-order valence-electron chi connectivity index (χ4n) is 1.88. The number of nitrogens with zero attached hydrogens (tertiary/aromatic N) is 2. The third-order valence-electron chi connectivity index (χ3n) is 2.64. The summed E-state index contributed by atoms with van der Waals surface area (Å²) >= 11 is 5.84. The molecule has 0 spiro atoms. The first kappa shape index (κ1) is 10.3. The molecule has 1 aliphatic rings. The van der Waals surface area contributed by atoms with Crippen LogP contribution >= 0.6 is 11.6 Å². The summed E-state index contributed by atoms with van der Waals surface area (Å²) in [6.07, 6.45) is 0.980. The molecule has 2 N–H and O–H groups in total. The number of hydrogen-bond acceptors (Lipinski definition) is 3. The van der Waals surface area contributed by atoms with Crippen LogP contribution in [0.2, 0.25) is 5.02 Å². The van der Waals surface area contributed by atoms with Gasteiger partial charge in [0.2, 0.25) is 0 Å². The molecule has 0 radical (unpaired) electrons. The SMILES string of the molecule is N#Cc1cc(Cl)ccc1N1CCC(N)C1. The van der Waals surface area contributed by atoms with E-state index in [9.17, 15) is 0 Å². The van der Waals surface area contributed by atoms with Crippen LogP contribution < -0.4 is 10.6 Å². The fourth-order valence-corrected chi connectivity index (χ4v) is 2.05. The van der Waals surface area contributed by atoms with Crippen molar-refractivity contribution in [1.29, 1.82) is 5.26 Å². The Bertz CT molecular complexity index is 411. The van der Waals surface area contributed by atoms with Gasteiger partial charge in [0.25, 0.3) is 0 Å². The van der Waals surface area contributed by atoms with Crippen LogP contribution in [0.3, 0.4) is 0 Å². The molecule has 1 aromatic rings. The predicted octanol–water partition coefficient (Wildman–Crippen LogP) is 1.75. The summed E-state index contributed by atoms with van der Waals surface area (Å²) in [6, 6.07) is 7.77. The Labute approximate surface area is 94.0 Å². The molecule has 15 heavy (non-hydrogen) atoms. The van der Waals surface area contributed by atoms with Gasteiger partial charge in [-0.25, -0.2) is 0 Å². The third-order valence-corrected chi connectivity index (χ3v) is 2.88. The molecule has 1 fully saturated rings. The number of nitrogens with two attached hydrogens (primary N) is 1. The second kappa shape index (κ2) is 4.09. The molecule has 1 aliphatic heterocycles. The van der Waals surface area contributed by atoms with Crippen molar-refractivity contribution in [3.05, 3.63) is 28.8 Å². The Kier molecular flexibility index (Phi) is 2.81. The lowest BCUT2D eigenvalue weighted by atomic mass is 10.2. The summed E-state index contributed by atoms with van der Waals surface area (Å²) in [5.74, 6) is 0. The lowest BCUT2D eigenvalue weighted by molar-refractivity contribution is 0.752. The molecule has 0 amide bonds. The maximum atomic E-state index is 9.00. The van der Waals surface area contributed by atoms with Crippen LogP contribution in [0.5, 0.6) is 0 Å². The van der Waals surface area contributed by atoms with E-state index in [0.717, 1.165) is 25.2 Å². The van der Waals surface area contributed by atoms with Gasteiger partial charge in [0.05, 0.1) is 11.3 Å². The molecule has 0 aromatic heterocycles. The first-order chi connectivity index (χ1) is 7.20.